The predicted molar refractivity (Wildman–Crippen MR) is 67.5 cm³/mol. The molecule has 1 aliphatic rings. The van der Waals surface area contributed by atoms with E-state index in [0.717, 1.165) is 4.57 Å². The molecule has 100 valence electrons. The van der Waals surface area contributed by atoms with Gasteiger partial charge in [0.05, 0.1) is 10.2 Å². The Morgan fingerprint density at radius 1 is 1.67 bits per heavy atom. The zero-order chi connectivity index (χ0) is 13.4. The largest absolute Gasteiger partial charge is 0.394 e. The molecule has 7 nitrogen and oxygen atoms in total. The highest BCUT2D eigenvalue weighted by Crippen LogP contribution is 2.31. The number of nitrogen functional groups attached to an aromatic ring is 1. The van der Waals surface area contributed by atoms with E-state index in [1.54, 1.807) is 0 Å². The number of nitrogens with zero attached hydrogens (tertiary/aromatic N) is 2. The molecular formula is C9H11FIN3O4. The summed E-state index contributed by atoms with van der Waals surface area (Å²) in [5.41, 5.74) is 4.68. The van der Waals surface area contributed by atoms with Gasteiger partial charge in [-0.25, -0.2) is 9.18 Å². The average molecular weight is 371 g/mol. The van der Waals surface area contributed by atoms with Gasteiger partial charge in [-0.2, -0.15) is 4.98 Å². The normalized spacial score (nSPS) is 31.8. The maximum Gasteiger partial charge on any atom is 0.351 e. The van der Waals surface area contributed by atoms with Gasteiger partial charge in [0.2, 0.25) is 0 Å². The van der Waals surface area contributed by atoms with Crippen LogP contribution in [0.4, 0.5) is 10.2 Å². The molecule has 4 N–H and O–H groups in total. The molecule has 18 heavy (non-hydrogen) atoms. The number of anilines is 1. The first kappa shape index (κ1) is 13.6. The van der Waals surface area contributed by atoms with Gasteiger partial charge >= 0.3 is 5.69 Å². The summed E-state index contributed by atoms with van der Waals surface area (Å²) in [6.07, 6.45) is -4.38. The number of hydrogen-bond donors (Lipinski definition) is 3. The monoisotopic (exact) mass is 371 g/mol. The number of aromatic nitrogens is 2. The van der Waals surface area contributed by atoms with Crippen molar-refractivity contribution in [2.24, 2.45) is 0 Å². The van der Waals surface area contributed by atoms with Crippen LogP contribution in [0.25, 0.3) is 0 Å². The molecule has 2 rings (SSSR count). The highest BCUT2D eigenvalue weighted by Gasteiger charge is 2.45. The molecule has 0 bridgehead atoms. The lowest BCUT2D eigenvalue weighted by atomic mass is 10.1. The molecule has 1 aromatic heterocycles. The maximum absolute atomic E-state index is 13.8. The zero-order valence-corrected chi connectivity index (χ0v) is 11.2. The first-order valence-electron chi connectivity index (χ1n) is 5.08. The van der Waals surface area contributed by atoms with Crippen LogP contribution in [0.5, 0.6) is 0 Å². The van der Waals surface area contributed by atoms with Gasteiger partial charge in [-0.1, -0.05) is 0 Å². The Morgan fingerprint density at radius 2 is 2.33 bits per heavy atom. The summed E-state index contributed by atoms with van der Waals surface area (Å²) < 4.78 is 20.3. The lowest BCUT2D eigenvalue weighted by molar-refractivity contribution is -0.0491. The molecule has 2 heterocycles. The summed E-state index contributed by atoms with van der Waals surface area (Å²) >= 11 is 1.84. The smallest absolute Gasteiger partial charge is 0.351 e. The Balaban J connectivity index is 2.39. The van der Waals surface area contributed by atoms with E-state index in [0.29, 0.717) is 3.57 Å². The Hall–Kier alpha value is -0.780. The van der Waals surface area contributed by atoms with Crippen molar-refractivity contribution in [1.29, 1.82) is 0 Å². The molecule has 0 spiro atoms. The third-order valence-corrected chi connectivity index (χ3v) is 3.51. The van der Waals surface area contributed by atoms with Crippen LogP contribution in [0.3, 0.4) is 0 Å². The van der Waals surface area contributed by atoms with Gasteiger partial charge in [0.25, 0.3) is 0 Å². The molecular weight excluding hydrogens is 360 g/mol. The molecule has 0 saturated carbocycles. The van der Waals surface area contributed by atoms with Crippen molar-refractivity contribution in [3.8, 4) is 0 Å². The van der Waals surface area contributed by atoms with Gasteiger partial charge in [-0.3, -0.25) is 4.57 Å². The van der Waals surface area contributed by atoms with Crippen molar-refractivity contribution in [3.63, 3.8) is 0 Å². The molecule has 0 radical (unpaired) electrons. The SMILES string of the molecule is Nc1nc(=O)n(C2O[C@@H](CO)[C@H](O)[C@H]2F)cc1I. The van der Waals surface area contributed by atoms with Crippen molar-refractivity contribution in [1.82, 2.24) is 9.55 Å². The van der Waals surface area contributed by atoms with Crippen LogP contribution in [-0.2, 0) is 4.74 Å². The van der Waals surface area contributed by atoms with Gasteiger partial charge in [0.15, 0.2) is 12.4 Å². The van der Waals surface area contributed by atoms with Gasteiger partial charge in [-0.05, 0) is 22.6 Å². The number of alkyl halides is 1. The molecule has 1 fully saturated rings. The van der Waals surface area contributed by atoms with Crippen molar-refractivity contribution >= 4 is 28.4 Å². The van der Waals surface area contributed by atoms with Crippen molar-refractivity contribution < 1.29 is 19.3 Å². The fourth-order valence-corrected chi connectivity index (χ4v) is 2.14. The highest BCUT2D eigenvalue weighted by molar-refractivity contribution is 14.1. The second-order valence-corrected chi connectivity index (χ2v) is 5.01. The number of hydrogen-bond acceptors (Lipinski definition) is 6. The summed E-state index contributed by atoms with van der Waals surface area (Å²) in [4.78, 5) is 15.1. The van der Waals surface area contributed by atoms with Gasteiger partial charge < -0.3 is 20.7 Å². The van der Waals surface area contributed by atoms with E-state index >= 15 is 0 Å². The lowest BCUT2D eigenvalue weighted by Gasteiger charge is -2.16. The van der Waals surface area contributed by atoms with Crippen LogP contribution < -0.4 is 11.4 Å². The Kier molecular flexibility index (Phi) is 3.84. The number of aliphatic hydroxyl groups is 2. The topological polar surface area (TPSA) is 111 Å². The maximum atomic E-state index is 13.8. The highest BCUT2D eigenvalue weighted by atomic mass is 127. The van der Waals surface area contributed by atoms with Gasteiger partial charge in [0.1, 0.15) is 18.0 Å². The summed E-state index contributed by atoms with van der Waals surface area (Å²) in [7, 11) is 0. The van der Waals surface area contributed by atoms with E-state index in [-0.39, 0.29) is 5.82 Å². The second kappa shape index (κ2) is 5.07. The minimum absolute atomic E-state index is 0.0458. The first-order chi connectivity index (χ1) is 8.45. The molecule has 9 heteroatoms. The van der Waals surface area contributed by atoms with Crippen LogP contribution >= 0.6 is 22.6 Å². The van der Waals surface area contributed by atoms with Crippen LogP contribution in [-0.4, -0.2) is 44.8 Å². The molecule has 1 saturated heterocycles. The molecule has 0 aromatic carbocycles. The van der Waals surface area contributed by atoms with E-state index in [9.17, 15) is 14.3 Å². The predicted octanol–water partition coefficient (Wildman–Crippen LogP) is -0.981. The molecule has 1 unspecified atom stereocenters. The lowest BCUT2D eigenvalue weighted by Crippen LogP contribution is -2.34. The Morgan fingerprint density at radius 3 is 2.89 bits per heavy atom. The van der Waals surface area contributed by atoms with E-state index in [1.165, 1.54) is 6.20 Å². The number of halogens is 2. The Labute approximate surface area is 115 Å². The van der Waals surface area contributed by atoms with E-state index in [1.807, 2.05) is 22.6 Å². The minimum Gasteiger partial charge on any atom is -0.394 e. The fourth-order valence-electron chi connectivity index (χ4n) is 1.72. The van der Waals surface area contributed by atoms with Crippen molar-refractivity contribution in [2.45, 2.75) is 24.6 Å². The van der Waals surface area contributed by atoms with E-state index in [2.05, 4.69) is 4.98 Å². The zero-order valence-electron chi connectivity index (χ0n) is 9.03. The number of rotatable bonds is 2. The first-order valence-corrected chi connectivity index (χ1v) is 6.16. The molecule has 1 aromatic rings. The van der Waals surface area contributed by atoms with E-state index in [4.69, 9.17) is 15.6 Å². The third kappa shape index (κ3) is 2.22. The number of aliphatic hydroxyl groups excluding tert-OH is 2. The van der Waals surface area contributed by atoms with Crippen LogP contribution in [0.1, 0.15) is 6.23 Å². The third-order valence-electron chi connectivity index (χ3n) is 2.68. The second-order valence-electron chi connectivity index (χ2n) is 3.85. The van der Waals surface area contributed by atoms with Crippen LogP contribution in [0, 0.1) is 3.57 Å². The summed E-state index contributed by atoms with van der Waals surface area (Å²) in [6.45, 7) is -0.535. The Bertz CT molecular complexity index is 511. The molecule has 0 aliphatic carbocycles. The molecule has 4 atom stereocenters. The number of ether oxygens (including phenoxy) is 1. The quantitative estimate of drug-likeness (QED) is 0.577. The van der Waals surface area contributed by atoms with Gasteiger partial charge in [-0.15, -0.1) is 0 Å². The molecule has 0 amide bonds. The van der Waals surface area contributed by atoms with Gasteiger partial charge in [0, 0.05) is 6.20 Å². The summed E-state index contributed by atoms with van der Waals surface area (Å²) in [5.74, 6) is 0.0458. The standard InChI is InChI=1S/C9H11FIN3O4/c10-5-6(16)4(2-15)18-8(5)14-1-3(11)7(12)13-9(14)17/h1,4-6,8,15-16H,2H2,(H2,12,13,17)/t4-,5+,6-,8?/m0/s1. The number of nitrogens with two attached hydrogens (primary N) is 1. The summed E-state index contributed by atoms with van der Waals surface area (Å²) in [6, 6.07) is 0. The van der Waals surface area contributed by atoms with E-state index < -0.39 is 36.9 Å². The van der Waals surface area contributed by atoms with Crippen molar-refractivity contribution in [3.05, 3.63) is 20.3 Å². The minimum atomic E-state index is -1.82. The van der Waals surface area contributed by atoms with Crippen LogP contribution in [0.2, 0.25) is 0 Å². The average Bonchev–Trinajstić information content (AvgIpc) is 2.61. The van der Waals surface area contributed by atoms with Crippen molar-refractivity contribution in [2.75, 3.05) is 12.3 Å². The summed E-state index contributed by atoms with van der Waals surface area (Å²) in [5, 5.41) is 18.4. The fraction of sp³-hybridized carbons (Fsp3) is 0.556. The molecule has 1 aliphatic heterocycles. The van der Waals surface area contributed by atoms with Crippen LogP contribution in [0.15, 0.2) is 11.0 Å².